The fourth-order valence-electron chi connectivity index (χ4n) is 1.93. The number of carbonyl (C=O) groups excluding carboxylic acids is 1. The minimum Gasteiger partial charge on any atom is -0.465 e. The number of amides is 2. The van der Waals surface area contributed by atoms with Crippen LogP contribution in [0.2, 0.25) is 5.02 Å². The molecule has 2 amide bonds. The molecule has 2 rings (SSSR count). The summed E-state index contributed by atoms with van der Waals surface area (Å²) in [6, 6.07) is 5.19. The maximum Gasteiger partial charge on any atom is 0.407 e. The van der Waals surface area contributed by atoms with Gasteiger partial charge in [0.2, 0.25) is 5.91 Å². The Morgan fingerprint density at radius 2 is 2.11 bits per heavy atom. The van der Waals surface area contributed by atoms with Gasteiger partial charge in [0.25, 0.3) is 0 Å². The molecule has 0 atom stereocenters. The Balaban J connectivity index is 2.08. The molecule has 102 valence electrons. The first-order chi connectivity index (χ1) is 8.90. The van der Waals surface area contributed by atoms with Gasteiger partial charge in [-0.25, -0.2) is 4.79 Å². The van der Waals surface area contributed by atoms with Gasteiger partial charge in [0.15, 0.2) is 0 Å². The van der Waals surface area contributed by atoms with E-state index in [1.165, 1.54) is 9.80 Å². The van der Waals surface area contributed by atoms with E-state index in [0.717, 1.165) is 4.47 Å². The summed E-state index contributed by atoms with van der Waals surface area (Å²) in [5.74, 6) is -0.396. The summed E-state index contributed by atoms with van der Waals surface area (Å²) in [5.41, 5.74) is 0.672. The molecule has 1 fully saturated rings. The highest BCUT2D eigenvalue weighted by Crippen LogP contribution is 2.30. The predicted octanol–water partition coefficient (Wildman–Crippen LogP) is 2.68. The van der Waals surface area contributed by atoms with Crippen LogP contribution >= 0.6 is 27.5 Å². The second kappa shape index (κ2) is 5.38. The molecule has 1 aliphatic rings. The van der Waals surface area contributed by atoms with Crippen molar-refractivity contribution in [3.8, 4) is 0 Å². The van der Waals surface area contributed by atoms with E-state index in [1.54, 1.807) is 25.2 Å². The number of hydrogen-bond acceptors (Lipinski definition) is 2. The minimum absolute atomic E-state index is 0.111. The molecule has 19 heavy (non-hydrogen) atoms. The molecule has 0 aliphatic carbocycles. The van der Waals surface area contributed by atoms with Gasteiger partial charge in [-0.15, -0.1) is 0 Å². The first-order valence-electron chi connectivity index (χ1n) is 5.60. The SMILES string of the molecule is CN(C(=O)C1CN(C(=O)O)C1)c1cc(Cl)ccc1Br. The van der Waals surface area contributed by atoms with Gasteiger partial charge in [-0.1, -0.05) is 11.6 Å². The fourth-order valence-corrected chi connectivity index (χ4v) is 2.61. The Kier molecular flexibility index (Phi) is 4.01. The van der Waals surface area contributed by atoms with E-state index in [1.807, 2.05) is 0 Å². The molecule has 1 saturated heterocycles. The monoisotopic (exact) mass is 346 g/mol. The number of anilines is 1. The van der Waals surface area contributed by atoms with Gasteiger partial charge in [0, 0.05) is 29.6 Å². The van der Waals surface area contributed by atoms with Crippen LogP contribution in [0.5, 0.6) is 0 Å². The number of rotatable bonds is 2. The van der Waals surface area contributed by atoms with E-state index in [0.29, 0.717) is 10.7 Å². The average Bonchev–Trinajstić information content (AvgIpc) is 2.28. The van der Waals surface area contributed by atoms with Crippen molar-refractivity contribution in [3.63, 3.8) is 0 Å². The largest absolute Gasteiger partial charge is 0.465 e. The van der Waals surface area contributed by atoms with Crippen molar-refractivity contribution in [1.29, 1.82) is 0 Å². The molecule has 1 heterocycles. The number of carboxylic acid groups (broad SMARTS) is 1. The second-order valence-electron chi connectivity index (χ2n) is 4.38. The molecule has 1 aromatic carbocycles. The van der Waals surface area contributed by atoms with Crippen LogP contribution in [-0.4, -0.2) is 42.1 Å². The average molecular weight is 348 g/mol. The van der Waals surface area contributed by atoms with Crippen molar-refractivity contribution in [1.82, 2.24) is 4.90 Å². The van der Waals surface area contributed by atoms with Crippen molar-refractivity contribution in [2.24, 2.45) is 5.92 Å². The highest BCUT2D eigenvalue weighted by Gasteiger charge is 2.37. The highest BCUT2D eigenvalue weighted by atomic mass is 79.9. The summed E-state index contributed by atoms with van der Waals surface area (Å²) in [5, 5.41) is 9.29. The van der Waals surface area contributed by atoms with Gasteiger partial charge in [0.05, 0.1) is 11.6 Å². The Morgan fingerprint density at radius 1 is 1.47 bits per heavy atom. The van der Waals surface area contributed by atoms with Crippen molar-refractivity contribution in [2.45, 2.75) is 0 Å². The summed E-state index contributed by atoms with van der Waals surface area (Å²) in [4.78, 5) is 25.6. The molecule has 1 aromatic rings. The normalized spacial score (nSPS) is 15.0. The van der Waals surface area contributed by atoms with Crippen LogP contribution in [0.1, 0.15) is 0 Å². The molecule has 0 unspecified atom stereocenters. The zero-order valence-corrected chi connectivity index (χ0v) is 12.5. The lowest BCUT2D eigenvalue weighted by Gasteiger charge is -2.38. The predicted molar refractivity (Wildman–Crippen MR) is 75.6 cm³/mol. The lowest BCUT2D eigenvalue weighted by atomic mass is 9.99. The fraction of sp³-hybridized carbons (Fsp3) is 0.333. The standard InChI is InChI=1S/C12H12BrClN2O3/c1-15(10-4-8(14)2-3-9(10)13)11(17)7-5-16(6-7)12(18)19/h2-4,7H,5-6H2,1H3,(H,18,19). The lowest BCUT2D eigenvalue weighted by Crippen LogP contribution is -2.55. The molecule has 0 spiro atoms. The van der Waals surface area contributed by atoms with E-state index in [2.05, 4.69) is 15.9 Å². The number of nitrogens with zero attached hydrogens (tertiary/aromatic N) is 2. The zero-order valence-electron chi connectivity index (χ0n) is 10.1. The summed E-state index contributed by atoms with van der Waals surface area (Å²) in [7, 11) is 1.65. The summed E-state index contributed by atoms with van der Waals surface area (Å²) in [6.07, 6.45) is -0.990. The highest BCUT2D eigenvalue weighted by molar-refractivity contribution is 9.10. The number of benzene rings is 1. The molecule has 1 aliphatic heterocycles. The van der Waals surface area contributed by atoms with Gasteiger partial charge >= 0.3 is 6.09 Å². The number of carbonyl (C=O) groups is 2. The minimum atomic E-state index is -0.990. The Hall–Kier alpha value is -1.27. The first kappa shape index (κ1) is 14.1. The summed E-state index contributed by atoms with van der Waals surface area (Å²) < 4.78 is 0.766. The Labute approximate surface area is 123 Å². The van der Waals surface area contributed by atoms with Crippen LogP contribution in [-0.2, 0) is 4.79 Å². The van der Waals surface area contributed by atoms with Gasteiger partial charge in [0.1, 0.15) is 0 Å². The van der Waals surface area contributed by atoms with E-state index in [9.17, 15) is 9.59 Å². The molecule has 0 saturated carbocycles. The van der Waals surface area contributed by atoms with Crippen LogP contribution in [0.3, 0.4) is 0 Å². The van der Waals surface area contributed by atoms with Gasteiger partial charge in [-0.05, 0) is 34.1 Å². The van der Waals surface area contributed by atoms with Crippen molar-refractivity contribution < 1.29 is 14.7 Å². The molecule has 0 radical (unpaired) electrons. The van der Waals surface area contributed by atoms with Gasteiger partial charge in [-0.3, -0.25) is 4.79 Å². The van der Waals surface area contributed by atoms with Crippen LogP contribution in [0.15, 0.2) is 22.7 Å². The molecule has 0 aromatic heterocycles. The quantitative estimate of drug-likeness (QED) is 0.895. The second-order valence-corrected chi connectivity index (χ2v) is 5.67. The van der Waals surface area contributed by atoms with Crippen molar-refractivity contribution in [3.05, 3.63) is 27.7 Å². The topological polar surface area (TPSA) is 60.9 Å². The third-order valence-corrected chi connectivity index (χ3v) is 4.01. The molecular formula is C12H12BrClN2O3. The Bertz CT molecular complexity index is 532. The smallest absolute Gasteiger partial charge is 0.407 e. The molecular weight excluding hydrogens is 336 g/mol. The molecule has 0 bridgehead atoms. The Morgan fingerprint density at radius 3 is 2.68 bits per heavy atom. The van der Waals surface area contributed by atoms with E-state index in [-0.39, 0.29) is 24.9 Å². The lowest BCUT2D eigenvalue weighted by molar-refractivity contribution is -0.126. The van der Waals surface area contributed by atoms with E-state index < -0.39 is 6.09 Å². The summed E-state index contributed by atoms with van der Waals surface area (Å²) in [6.45, 7) is 0.493. The maximum absolute atomic E-state index is 12.2. The van der Waals surface area contributed by atoms with Crippen LogP contribution in [0.25, 0.3) is 0 Å². The molecule has 7 heteroatoms. The van der Waals surface area contributed by atoms with Crippen LogP contribution < -0.4 is 4.90 Å². The van der Waals surface area contributed by atoms with Gasteiger partial charge < -0.3 is 14.9 Å². The van der Waals surface area contributed by atoms with E-state index in [4.69, 9.17) is 16.7 Å². The van der Waals surface area contributed by atoms with Crippen LogP contribution in [0.4, 0.5) is 10.5 Å². The molecule has 1 N–H and O–H groups in total. The van der Waals surface area contributed by atoms with Crippen LogP contribution in [0, 0.1) is 5.92 Å². The third kappa shape index (κ3) is 2.84. The zero-order chi connectivity index (χ0) is 14.2. The first-order valence-corrected chi connectivity index (χ1v) is 6.77. The number of halogens is 2. The number of hydrogen-bond donors (Lipinski definition) is 1. The summed E-state index contributed by atoms with van der Waals surface area (Å²) >= 11 is 9.28. The van der Waals surface area contributed by atoms with Crippen molar-refractivity contribution in [2.75, 3.05) is 25.0 Å². The maximum atomic E-state index is 12.2. The molecule has 5 nitrogen and oxygen atoms in total. The van der Waals surface area contributed by atoms with E-state index >= 15 is 0 Å². The van der Waals surface area contributed by atoms with Gasteiger partial charge in [-0.2, -0.15) is 0 Å². The number of likely N-dealkylation sites (tertiary alicyclic amines) is 1. The van der Waals surface area contributed by atoms with Crippen molar-refractivity contribution >= 4 is 45.2 Å². The third-order valence-electron chi connectivity index (χ3n) is 3.10.